The van der Waals surface area contributed by atoms with Crippen LogP contribution < -0.4 is 10.2 Å². The Balaban J connectivity index is 1.60. The third kappa shape index (κ3) is 4.25. The van der Waals surface area contributed by atoms with E-state index in [2.05, 4.69) is 25.5 Å². The van der Waals surface area contributed by atoms with Crippen molar-refractivity contribution in [1.29, 1.82) is 0 Å². The molecule has 2 saturated heterocycles. The zero-order valence-electron chi connectivity index (χ0n) is 17.8. The Bertz CT molecular complexity index is 964. The number of esters is 1. The van der Waals surface area contributed by atoms with Crippen LogP contribution >= 0.6 is 0 Å². The van der Waals surface area contributed by atoms with E-state index in [-0.39, 0.29) is 23.8 Å². The van der Waals surface area contributed by atoms with Crippen LogP contribution in [0.3, 0.4) is 0 Å². The zero-order valence-corrected chi connectivity index (χ0v) is 17.8. The number of hydrogen-bond donors (Lipinski definition) is 3. The smallest absolute Gasteiger partial charge is 0.407 e. The molecule has 2 bridgehead atoms. The van der Waals surface area contributed by atoms with Crippen molar-refractivity contribution in [2.75, 3.05) is 24.4 Å². The first-order chi connectivity index (χ1) is 14.9. The van der Waals surface area contributed by atoms with Gasteiger partial charge in [-0.2, -0.15) is 10.1 Å². The van der Waals surface area contributed by atoms with Gasteiger partial charge in [-0.3, -0.25) is 5.10 Å². The number of aromatic amines is 1. The summed E-state index contributed by atoms with van der Waals surface area (Å²) < 4.78 is 4.86. The molecule has 0 saturated carbocycles. The average molecular weight is 429 g/mol. The second-order valence-electron chi connectivity index (χ2n) is 8.16. The van der Waals surface area contributed by atoms with Crippen LogP contribution in [0.5, 0.6) is 0 Å². The highest BCUT2D eigenvalue weighted by Crippen LogP contribution is 2.36. The summed E-state index contributed by atoms with van der Waals surface area (Å²) in [5.41, 5.74) is 1.02. The molecule has 2 atom stereocenters. The summed E-state index contributed by atoms with van der Waals surface area (Å²) in [7, 11) is 3.19. The number of nitrogens with zero attached hydrogens (tertiary/aromatic N) is 5. The van der Waals surface area contributed by atoms with Crippen molar-refractivity contribution >= 4 is 29.6 Å². The van der Waals surface area contributed by atoms with Crippen molar-refractivity contribution in [3.8, 4) is 0 Å². The minimum Gasteiger partial charge on any atom is -0.465 e. The Kier molecular flexibility index (Phi) is 5.66. The molecule has 0 radical (unpaired) electrons. The minimum atomic E-state index is -0.847. The van der Waals surface area contributed by atoms with Gasteiger partial charge >= 0.3 is 12.1 Å². The highest BCUT2D eigenvalue weighted by atomic mass is 16.5. The molecule has 0 aliphatic carbocycles. The molecule has 2 aromatic rings. The molecule has 166 valence electrons. The van der Waals surface area contributed by atoms with Gasteiger partial charge in [0.15, 0.2) is 11.5 Å². The third-order valence-electron chi connectivity index (χ3n) is 6.10. The summed E-state index contributed by atoms with van der Waals surface area (Å²) in [4.78, 5) is 36.5. The average Bonchev–Trinajstić information content (AvgIpc) is 3.15. The summed E-state index contributed by atoms with van der Waals surface area (Å²) in [5, 5.41) is 19.7. The number of fused-ring (bicyclic) bond motifs is 2. The number of aromatic nitrogens is 4. The molecule has 4 heterocycles. The Morgan fingerprint density at radius 3 is 2.52 bits per heavy atom. The number of H-pyrrole nitrogens is 1. The number of nitrogens with one attached hydrogen (secondary N) is 2. The van der Waals surface area contributed by atoms with Crippen LogP contribution in [-0.4, -0.2) is 74.5 Å². The molecule has 2 fully saturated rings. The lowest BCUT2D eigenvalue weighted by molar-refractivity contribution is 0.0350. The number of methoxy groups -OCH3 is 1. The molecule has 4 rings (SSSR count). The van der Waals surface area contributed by atoms with Gasteiger partial charge in [0.2, 0.25) is 5.95 Å². The Labute approximate surface area is 179 Å². The van der Waals surface area contributed by atoms with Crippen LogP contribution in [0.15, 0.2) is 12.1 Å². The second-order valence-corrected chi connectivity index (χ2v) is 8.16. The highest BCUT2D eigenvalue weighted by Gasteiger charge is 2.42. The van der Waals surface area contributed by atoms with Crippen LogP contribution in [0.4, 0.5) is 22.4 Å². The molecule has 11 heteroatoms. The normalized spacial score (nSPS) is 22.7. The topological polar surface area (TPSA) is 137 Å². The van der Waals surface area contributed by atoms with Gasteiger partial charge in [-0.15, -0.1) is 0 Å². The van der Waals surface area contributed by atoms with E-state index < -0.39 is 12.1 Å². The number of piperidine rings is 2. The van der Waals surface area contributed by atoms with E-state index in [9.17, 15) is 14.7 Å². The summed E-state index contributed by atoms with van der Waals surface area (Å²) in [6, 6.07) is 3.40. The number of amides is 1. The highest BCUT2D eigenvalue weighted by molar-refractivity contribution is 5.88. The standard InChI is InChI=1S/C20H27N7O4/c1-11-7-17(25-24-11)22-16-10-15(18(28)31-3)21-19(23-16)26(2)14-8-12-5-4-6-13(9-14)27(12)20(29)30/h7,10,12-14H,4-6,8-9H2,1-3H3,(H,29,30)(H2,21,22,23,24,25). The fourth-order valence-corrected chi connectivity index (χ4v) is 4.62. The van der Waals surface area contributed by atoms with E-state index in [1.165, 1.54) is 13.2 Å². The molecule has 3 N–H and O–H groups in total. The van der Waals surface area contributed by atoms with E-state index in [0.29, 0.717) is 30.4 Å². The first-order valence-electron chi connectivity index (χ1n) is 10.4. The molecule has 1 amide bonds. The van der Waals surface area contributed by atoms with Crippen LogP contribution in [-0.2, 0) is 4.74 Å². The Morgan fingerprint density at radius 1 is 1.23 bits per heavy atom. The quantitative estimate of drug-likeness (QED) is 0.612. The molecule has 11 nitrogen and oxygen atoms in total. The predicted octanol–water partition coefficient (Wildman–Crippen LogP) is 2.54. The molecule has 2 aliphatic rings. The molecular weight excluding hydrogens is 402 g/mol. The maximum atomic E-state index is 12.2. The van der Waals surface area contributed by atoms with E-state index in [4.69, 9.17) is 4.74 Å². The van der Waals surface area contributed by atoms with Gasteiger partial charge < -0.3 is 25.0 Å². The maximum absolute atomic E-state index is 12.2. The van der Waals surface area contributed by atoms with Gasteiger partial charge in [0.05, 0.1) is 7.11 Å². The predicted molar refractivity (Wildman–Crippen MR) is 113 cm³/mol. The van der Waals surface area contributed by atoms with Crippen LogP contribution in [0.25, 0.3) is 0 Å². The molecule has 2 aromatic heterocycles. The molecule has 2 unspecified atom stereocenters. The maximum Gasteiger partial charge on any atom is 0.407 e. The van der Waals surface area contributed by atoms with Crippen molar-refractivity contribution in [1.82, 2.24) is 25.1 Å². The van der Waals surface area contributed by atoms with Crippen molar-refractivity contribution in [3.63, 3.8) is 0 Å². The number of carbonyl (C=O) groups excluding carboxylic acids is 1. The lowest BCUT2D eigenvalue weighted by Crippen LogP contribution is -2.58. The number of anilines is 3. The summed E-state index contributed by atoms with van der Waals surface area (Å²) in [6.07, 6.45) is 3.32. The van der Waals surface area contributed by atoms with Gasteiger partial charge in [0, 0.05) is 43.0 Å². The van der Waals surface area contributed by atoms with Gasteiger partial charge in [-0.1, -0.05) is 0 Å². The first kappa shape index (κ1) is 20.9. The van der Waals surface area contributed by atoms with Gasteiger partial charge in [0.25, 0.3) is 0 Å². The SMILES string of the molecule is COC(=O)c1cc(Nc2cc(C)[nH]n2)nc(N(C)C2CC3CCCC(C2)N3C(=O)O)n1. The van der Waals surface area contributed by atoms with Gasteiger partial charge in [-0.25, -0.2) is 14.6 Å². The lowest BCUT2D eigenvalue weighted by atomic mass is 9.81. The monoisotopic (exact) mass is 429 g/mol. The summed E-state index contributed by atoms with van der Waals surface area (Å²) in [5.74, 6) is 0.817. The van der Waals surface area contributed by atoms with Gasteiger partial charge in [-0.05, 0) is 39.0 Å². The summed E-state index contributed by atoms with van der Waals surface area (Å²) in [6.45, 7) is 1.89. The molecule has 2 aliphatic heterocycles. The summed E-state index contributed by atoms with van der Waals surface area (Å²) >= 11 is 0. The number of hydrogen-bond acceptors (Lipinski definition) is 8. The van der Waals surface area contributed by atoms with Crippen LogP contribution in [0, 0.1) is 6.92 Å². The molecule has 0 aromatic carbocycles. The molecule has 31 heavy (non-hydrogen) atoms. The third-order valence-corrected chi connectivity index (χ3v) is 6.10. The fraction of sp³-hybridized carbons (Fsp3) is 0.550. The van der Waals surface area contributed by atoms with Crippen molar-refractivity contribution in [3.05, 3.63) is 23.5 Å². The lowest BCUT2D eigenvalue weighted by Gasteiger charge is -2.49. The van der Waals surface area contributed by atoms with E-state index in [1.54, 1.807) is 4.90 Å². The molecule has 0 spiro atoms. The number of aryl methyl sites for hydroxylation is 1. The number of rotatable bonds is 5. The number of ether oxygens (including phenoxy) is 1. The van der Waals surface area contributed by atoms with Crippen LogP contribution in [0.2, 0.25) is 0 Å². The van der Waals surface area contributed by atoms with Crippen molar-refractivity contribution in [2.45, 2.75) is 57.2 Å². The van der Waals surface area contributed by atoms with Gasteiger partial charge in [0.1, 0.15) is 5.82 Å². The van der Waals surface area contributed by atoms with E-state index >= 15 is 0 Å². The van der Waals surface area contributed by atoms with E-state index in [0.717, 1.165) is 25.0 Å². The largest absolute Gasteiger partial charge is 0.465 e. The Hall–Kier alpha value is -3.37. The first-order valence-corrected chi connectivity index (χ1v) is 10.4. The second kappa shape index (κ2) is 8.40. The van der Waals surface area contributed by atoms with Crippen molar-refractivity contribution < 1.29 is 19.4 Å². The Morgan fingerprint density at radius 2 is 1.94 bits per heavy atom. The van der Waals surface area contributed by atoms with Crippen molar-refractivity contribution in [2.24, 2.45) is 0 Å². The minimum absolute atomic E-state index is 0.00846. The van der Waals surface area contributed by atoms with Crippen LogP contribution in [0.1, 0.15) is 48.3 Å². The molecular formula is C20H27N7O4. The number of carbonyl (C=O) groups is 2. The number of carboxylic acid groups (broad SMARTS) is 1. The van der Waals surface area contributed by atoms with E-state index in [1.807, 2.05) is 24.9 Å². The zero-order chi connectivity index (χ0) is 22.1. The fourth-order valence-electron chi connectivity index (χ4n) is 4.62.